The molecule has 1 heterocycles. The summed E-state index contributed by atoms with van der Waals surface area (Å²) < 4.78 is 1.88. The number of aryl methyl sites for hydroxylation is 1. The molecule has 0 saturated heterocycles. The molecule has 1 aliphatic carbocycles. The molecule has 20 heavy (non-hydrogen) atoms. The standard InChI is InChI=1S/C15H25N3O2/c1-3-5-11-6-7-13(15(19)20)12(8-11)9-14-16-10-17-18(14)4-2/h10-13H,3-9H2,1-2H3,(H,19,20). The summed E-state index contributed by atoms with van der Waals surface area (Å²) in [5.41, 5.74) is 0. The maximum Gasteiger partial charge on any atom is 0.306 e. The summed E-state index contributed by atoms with van der Waals surface area (Å²) in [5.74, 6) is 0.949. The average Bonchev–Trinajstić information content (AvgIpc) is 2.86. The van der Waals surface area contributed by atoms with Crippen LogP contribution in [0, 0.1) is 17.8 Å². The monoisotopic (exact) mass is 279 g/mol. The van der Waals surface area contributed by atoms with Gasteiger partial charge < -0.3 is 5.11 Å². The number of carboxylic acids is 1. The van der Waals surface area contributed by atoms with E-state index in [0.717, 1.165) is 38.1 Å². The molecule has 1 saturated carbocycles. The molecule has 112 valence electrons. The van der Waals surface area contributed by atoms with E-state index in [0.29, 0.717) is 5.92 Å². The molecule has 1 fully saturated rings. The number of hydrogen-bond acceptors (Lipinski definition) is 3. The number of aliphatic carboxylic acids is 1. The summed E-state index contributed by atoms with van der Waals surface area (Å²) in [5, 5.41) is 13.6. The molecule has 5 nitrogen and oxygen atoms in total. The normalized spacial score (nSPS) is 26.6. The molecule has 1 aromatic rings. The average molecular weight is 279 g/mol. The summed E-state index contributed by atoms with van der Waals surface area (Å²) in [6, 6.07) is 0. The highest BCUT2D eigenvalue weighted by molar-refractivity contribution is 5.70. The number of carboxylic acid groups (broad SMARTS) is 1. The third-order valence-corrected chi connectivity index (χ3v) is 4.55. The predicted molar refractivity (Wildman–Crippen MR) is 76.3 cm³/mol. The molecular formula is C15H25N3O2. The highest BCUT2D eigenvalue weighted by Gasteiger charge is 2.35. The summed E-state index contributed by atoms with van der Waals surface area (Å²) in [7, 11) is 0. The van der Waals surface area contributed by atoms with E-state index in [1.54, 1.807) is 6.33 Å². The van der Waals surface area contributed by atoms with Gasteiger partial charge in [-0.25, -0.2) is 4.98 Å². The maximum absolute atomic E-state index is 11.5. The first-order valence-corrected chi connectivity index (χ1v) is 7.75. The first-order chi connectivity index (χ1) is 9.65. The molecule has 0 aromatic carbocycles. The number of carbonyl (C=O) groups is 1. The van der Waals surface area contributed by atoms with Gasteiger partial charge in [0.1, 0.15) is 12.2 Å². The Bertz CT molecular complexity index is 444. The van der Waals surface area contributed by atoms with Crippen molar-refractivity contribution >= 4 is 5.97 Å². The van der Waals surface area contributed by atoms with Crippen LogP contribution in [-0.4, -0.2) is 25.8 Å². The van der Waals surface area contributed by atoms with Gasteiger partial charge in [0.05, 0.1) is 5.92 Å². The zero-order chi connectivity index (χ0) is 14.5. The molecule has 5 heteroatoms. The maximum atomic E-state index is 11.5. The van der Waals surface area contributed by atoms with Crippen molar-refractivity contribution < 1.29 is 9.90 Å². The Hall–Kier alpha value is -1.39. The van der Waals surface area contributed by atoms with Crippen LogP contribution < -0.4 is 0 Å². The lowest BCUT2D eigenvalue weighted by Crippen LogP contribution is -2.32. The number of hydrogen-bond donors (Lipinski definition) is 1. The molecule has 0 amide bonds. The number of nitrogens with zero attached hydrogens (tertiary/aromatic N) is 3. The molecule has 0 spiro atoms. The minimum absolute atomic E-state index is 0.201. The van der Waals surface area contributed by atoms with Gasteiger partial charge in [0.25, 0.3) is 0 Å². The van der Waals surface area contributed by atoms with E-state index >= 15 is 0 Å². The first kappa shape index (κ1) is 15.0. The van der Waals surface area contributed by atoms with Crippen molar-refractivity contribution in [2.75, 3.05) is 0 Å². The second-order valence-electron chi connectivity index (χ2n) is 5.87. The predicted octanol–water partition coefficient (Wildman–Crippen LogP) is 2.76. The Morgan fingerprint density at radius 2 is 2.25 bits per heavy atom. The van der Waals surface area contributed by atoms with Crippen molar-refractivity contribution in [3.8, 4) is 0 Å². The van der Waals surface area contributed by atoms with Crippen LogP contribution in [0.25, 0.3) is 0 Å². The molecule has 1 N–H and O–H groups in total. The van der Waals surface area contributed by atoms with Gasteiger partial charge in [0.15, 0.2) is 0 Å². The smallest absolute Gasteiger partial charge is 0.306 e. The van der Waals surface area contributed by atoms with E-state index in [1.165, 1.54) is 12.8 Å². The number of rotatable bonds is 6. The van der Waals surface area contributed by atoms with Crippen molar-refractivity contribution in [2.24, 2.45) is 17.8 Å². The van der Waals surface area contributed by atoms with Crippen LogP contribution in [0.5, 0.6) is 0 Å². The SMILES string of the molecule is CCCC1CCC(C(=O)O)C(Cc2ncnn2CC)C1. The van der Waals surface area contributed by atoms with Crippen molar-refractivity contribution in [2.45, 2.75) is 58.9 Å². The van der Waals surface area contributed by atoms with Gasteiger partial charge in [-0.1, -0.05) is 19.8 Å². The topological polar surface area (TPSA) is 68.0 Å². The van der Waals surface area contributed by atoms with E-state index in [-0.39, 0.29) is 11.8 Å². The van der Waals surface area contributed by atoms with Crippen LogP contribution in [0.3, 0.4) is 0 Å². The van der Waals surface area contributed by atoms with Crippen LogP contribution in [0.4, 0.5) is 0 Å². The Morgan fingerprint density at radius 3 is 2.90 bits per heavy atom. The molecule has 3 unspecified atom stereocenters. The minimum Gasteiger partial charge on any atom is -0.481 e. The summed E-state index contributed by atoms with van der Waals surface area (Å²) >= 11 is 0. The van der Waals surface area contributed by atoms with E-state index in [9.17, 15) is 9.90 Å². The fourth-order valence-corrected chi connectivity index (χ4v) is 3.53. The van der Waals surface area contributed by atoms with Crippen LogP contribution in [-0.2, 0) is 17.8 Å². The van der Waals surface area contributed by atoms with Gasteiger partial charge in [-0.15, -0.1) is 0 Å². The summed E-state index contributed by atoms with van der Waals surface area (Å²) in [6.45, 7) is 5.03. The van der Waals surface area contributed by atoms with Gasteiger partial charge in [0, 0.05) is 13.0 Å². The van der Waals surface area contributed by atoms with Crippen molar-refractivity contribution in [1.29, 1.82) is 0 Å². The molecule has 1 aliphatic rings. The lowest BCUT2D eigenvalue weighted by molar-refractivity contribution is -0.145. The summed E-state index contributed by atoms with van der Waals surface area (Å²) in [6.07, 6.45) is 7.59. The van der Waals surface area contributed by atoms with Crippen LogP contribution >= 0.6 is 0 Å². The second-order valence-corrected chi connectivity index (χ2v) is 5.87. The van der Waals surface area contributed by atoms with Crippen molar-refractivity contribution in [3.05, 3.63) is 12.2 Å². The quantitative estimate of drug-likeness (QED) is 0.869. The fourth-order valence-electron chi connectivity index (χ4n) is 3.53. The van der Waals surface area contributed by atoms with Crippen LogP contribution in [0.2, 0.25) is 0 Å². The van der Waals surface area contributed by atoms with E-state index in [1.807, 2.05) is 11.6 Å². The Morgan fingerprint density at radius 1 is 1.45 bits per heavy atom. The van der Waals surface area contributed by atoms with Gasteiger partial charge in [-0.3, -0.25) is 9.48 Å². The van der Waals surface area contributed by atoms with E-state index < -0.39 is 5.97 Å². The van der Waals surface area contributed by atoms with Gasteiger partial charge in [-0.2, -0.15) is 5.10 Å². The molecular weight excluding hydrogens is 254 g/mol. The van der Waals surface area contributed by atoms with Gasteiger partial charge in [-0.05, 0) is 38.0 Å². The summed E-state index contributed by atoms with van der Waals surface area (Å²) in [4.78, 5) is 15.8. The molecule has 0 radical (unpaired) electrons. The van der Waals surface area contributed by atoms with E-state index in [2.05, 4.69) is 17.0 Å². The molecule has 3 atom stereocenters. The fraction of sp³-hybridized carbons (Fsp3) is 0.800. The lowest BCUT2D eigenvalue weighted by Gasteiger charge is -2.33. The molecule has 0 aliphatic heterocycles. The van der Waals surface area contributed by atoms with Crippen LogP contribution in [0.15, 0.2) is 6.33 Å². The van der Waals surface area contributed by atoms with E-state index in [4.69, 9.17) is 0 Å². The Kier molecular flexibility index (Phi) is 5.15. The molecule has 2 rings (SSSR count). The first-order valence-electron chi connectivity index (χ1n) is 7.75. The zero-order valence-electron chi connectivity index (χ0n) is 12.5. The number of aromatic nitrogens is 3. The third-order valence-electron chi connectivity index (χ3n) is 4.55. The largest absolute Gasteiger partial charge is 0.481 e. The Balaban J connectivity index is 2.09. The highest BCUT2D eigenvalue weighted by atomic mass is 16.4. The van der Waals surface area contributed by atoms with Crippen molar-refractivity contribution in [3.63, 3.8) is 0 Å². The van der Waals surface area contributed by atoms with Crippen LogP contribution in [0.1, 0.15) is 51.8 Å². The highest BCUT2D eigenvalue weighted by Crippen LogP contribution is 2.37. The molecule has 1 aromatic heterocycles. The molecule has 0 bridgehead atoms. The van der Waals surface area contributed by atoms with Crippen molar-refractivity contribution in [1.82, 2.24) is 14.8 Å². The zero-order valence-corrected chi connectivity index (χ0v) is 12.5. The minimum atomic E-state index is -0.646. The lowest BCUT2D eigenvalue weighted by atomic mass is 9.71. The Labute approximate surface area is 120 Å². The van der Waals surface area contributed by atoms with Gasteiger partial charge >= 0.3 is 5.97 Å². The third kappa shape index (κ3) is 3.38. The van der Waals surface area contributed by atoms with Gasteiger partial charge in [0.2, 0.25) is 0 Å². The second kappa shape index (κ2) is 6.86.